The third kappa shape index (κ3) is 11.0. The molecule has 0 aromatic heterocycles. The average Bonchev–Trinajstić information content (AvgIpc) is 2.88. The number of hydrogen-bond donors (Lipinski definition) is 1. The quantitative estimate of drug-likeness (QED) is 0.172. The molecule has 220 valence electrons. The van der Waals surface area contributed by atoms with Gasteiger partial charge < -0.3 is 24.7 Å². The van der Waals surface area contributed by atoms with Crippen molar-refractivity contribution in [2.45, 2.75) is 92.5 Å². The first-order valence-corrected chi connectivity index (χ1v) is 13.8. The lowest BCUT2D eigenvalue weighted by atomic mass is 9.88. The highest BCUT2D eigenvalue weighted by molar-refractivity contribution is 5.81. The Labute approximate surface area is 233 Å². The molecular weight excluding hydrogens is 502 g/mol. The number of esters is 4. The number of nitrogens with two attached hydrogens (primary N) is 1. The van der Waals surface area contributed by atoms with Crippen LogP contribution < -0.4 is 15.2 Å². The van der Waals surface area contributed by atoms with Crippen LogP contribution in [0.4, 0.5) is 0 Å². The van der Waals surface area contributed by atoms with Crippen LogP contribution in [0.1, 0.15) is 86.1 Å². The predicted octanol–water partition coefficient (Wildman–Crippen LogP) is 5.01. The van der Waals surface area contributed by atoms with E-state index in [4.69, 9.17) is 24.7 Å². The topological polar surface area (TPSA) is 131 Å². The van der Waals surface area contributed by atoms with Crippen LogP contribution in [0.2, 0.25) is 0 Å². The van der Waals surface area contributed by atoms with E-state index >= 15 is 0 Å². The van der Waals surface area contributed by atoms with Crippen molar-refractivity contribution in [3.8, 4) is 11.5 Å². The Bertz CT molecular complexity index is 974. The molecule has 3 atom stereocenters. The van der Waals surface area contributed by atoms with Gasteiger partial charge in [0.05, 0.1) is 25.6 Å². The van der Waals surface area contributed by atoms with Gasteiger partial charge in [0.2, 0.25) is 0 Å². The molecule has 0 aliphatic rings. The normalized spacial score (nSPS) is 14.3. The lowest BCUT2D eigenvalue weighted by molar-refractivity contribution is -0.151. The van der Waals surface area contributed by atoms with Crippen LogP contribution in [0.3, 0.4) is 0 Å². The number of methoxy groups -OCH3 is 1. The summed E-state index contributed by atoms with van der Waals surface area (Å²) in [5, 5.41) is 0. The third-order valence-corrected chi connectivity index (χ3v) is 7.08. The molecule has 0 heterocycles. The summed E-state index contributed by atoms with van der Waals surface area (Å²) in [6.07, 6.45) is 3.01. The van der Waals surface area contributed by atoms with E-state index in [2.05, 4.69) is 0 Å². The molecule has 39 heavy (non-hydrogen) atoms. The van der Waals surface area contributed by atoms with Gasteiger partial charge in [0.25, 0.3) is 0 Å². The second-order valence-corrected chi connectivity index (χ2v) is 10.9. The zero-order chi connectivity index (χ0) is 29.8. The fraction of sp³-hybridized carbons (Fsp3) is 0.667. The van der Waals surface area contributed by atoms with Gasteiger partial charge in [-0.15, -0.1) is 0 Å². The maximum Gasteiger partial charge on any atom is 0.326 e. The Morgan fingerprint density at radius 3 is 1.95 bits per heavy atom. The van der Waals surface area contributed by atoms with E-state index in [0.717, 1.165) is 19.3 Å². The minimum Gasteiger partial charge on any atom is -0.468 e. The summed E-state index contributed by atoms with van der Waals surface area (Å²) in [4.78, 5) is 50.1. The van der Waals surface area contributed by atoms with Gasteiger partial charge in [0, 0.05) is 19.3 Å². The van der Waals surface area contributed by atoms with E-state index < -0.39 is 29.4 Å². The first kappa shape index (κ1) is 34.1. The number of hydrogen-bond acceptors (Lipinski definition) is 9. The van der Waals surface area contributed by atoms with Crippen molar-refractivity contribution in [2.24, 2.45) is 29.4 Å². The second kappa shape index (κ2) is 16.2. The van der Waals surface area contributed by atoms with Crippen molar-refractivity contribution < 1.29 is 38.1 Å². The Balaban J connectivity index is 3.21. The van der Waals surface area contributed by atoms with Gasteiger partial charge in [0.15, 0.2) is 11.5 Å². The van der Waals surface area contributed by atoms with Crippen molar-refractivity contribution >= 4 is 23.9 Å². The molecule has 0 spiro atoms. The fourth-order valence-corrected chi connectivity index (χ4v) is 3.54. The van der Waals surface area contributed by atoms with E-state index in [1.165, 1.54) is 19.2 Å². The average molecular weight is 550 g/mol. The molecule has 9 nitrogen and oxygen atoms in total. The zero-order valence-electron chi connectivity index (χ0n) is 24.8. The molecule has 0 aliphatic heterocycles. The Kier molecular flexibility index (Phi) is 14.2. The van der Waals surface area contributed by atoms with Crippen molar-refractivity contribution in [2.75, 3.05) is 13.7 Å². The molecule has 1 aromatic carbocycles. The highest BCUT2D eigenvalue weighted by Gasteiger charge is 2.36. The van der Waals surface area contributed by atoms with Crippen LogP contribution in [0.5, 0.6) is 11.5 Å². The molecule has 0 fully saturated rings. The van der Waals surface area contributed by atoms with Crippen molar-refractivity contribution in [1.82, 2.24) is 0 Å². The van der Waals surface area contributed by atoms with E-state index in [1.807, 2.05) is 34.6 Å². The number of rotatable bonds is 16. The van der Waals surface area contributed by atoms with Gasteiger partial charge in [-0.1, -0.05) is 67.4 Å². The number of carbonyl (C=O) groups excluding carboxylic acids is 4. The molecule has 9 heteroatoms. The van der Waals surface area contributed by atoms with Crippen LogP contribution >= 0.6 is 0 Å². The van der Waals surface area contributed by atoms with Crippen LogP contribution in [-0.4, -0.2) is 43.1 Å². The number of ether oxygens (including phenoxy) is 4. The minimum atomic E-state index is -1.50. The molecule has 2 unspecified atom stereocenters. The Morgan fingerprint density at radius 1 is 0.872 bits per heavy atom. The minimum absolute atomic E-state index is 0.00790. The zero-order valence-corrected chi connectivity index (χ0v) is 24.8. The summed E-state index contributed by atoms with van der Waals surface area (Å²) >= 11 is 0. The van der Waals surface area contributed by atoms with Crippen molar-refractivity contribution in [1.29, 1.82) is 0 Å². The standard InChI is InChI=1S/C30H47NO8/c1-9-10-11-12-26(32)37-16-15-30(31,29(35)36-8)18-23-13-14-24(38-27(33)21(6)19(2)3)25(17-23)39-28(34)22(7)20(4)5/h13-14,17,19-22H,9-12,15-16,18,31H2,1-8H3/t21?,22?,30-/m1/s1. The summed E-state index contributed by atoms with van der Waals surface area (Å²) in [5.41, 5.74) is 5.51. The van der Waals surface area contributed by atoms with Gasteiger partial charge in [-0.25, -0.2) is 0 Å². The Hall–Kier alpha value is -2.94. The highest BCUT2D eigenvalue weighted by atomic mass is 16.6. The predicted molar refractivity (Wildman–Crippen MR) is 148 cm³/mol. The molecular formula is C30H47NO8. The molecule has 1 rings (SSSR count). The number of unbranched alkanes of at least 4 members (excludes halogenated alkanes) is 2. The Morgan fingerprint density at radius 2 is 1.44 bits per heavy atom. The SMILES string of the molecule is CCCCCC(=O)OCC[C@@](N)(Cc1ccc(OC(=O)C(C)C(C)C)c(OC(=O)C(C)C(C)C)c1)C(=O)OC. The molecule has 0 saturated carbocycles. The molecule has 0 aliphatic carbocycles. The fourth-order valence-electron chi connectivity index (χ4n) is 3.54. The largest absolute Gasteiger partial charge is 0.468 e. The summed E-state index contributed by atoms with van der Waals surface area (Å²) < 4.78 is 21.5. The second-order valence-electron chi connectivity index (χ2n) is 10.9. The molecule has 0 radical (unpaired) electrons. The number of benzene rings is 1. The molecule has 0 amide bonds. The first-order chi connectivity index (χ1) is 18.2. The highest BCUT2D eigenvalue weighted by Crippen LogP contribution is 2.32. The van der Waals surface area contributed by atoms with Gasteiger partial charge in [-0.2, -0.15) is 0 Å². The molecule has 1 aromatic rings. The molecule has 0 saturated heterocycles. The lowest BCUT2D eigenvalue weighted by Crippen LogP contribution is -2.51. The maximum absolute atomic E-state index is 12.8. The van der Waals surface area contributed by atoms with E-state index in [9.17, 15) is 19.2 Å². The lowest BCUT2D eigenvalue weighted by Gasteiger charge is -2.27. The van der Waals surface area contributed by atoms with E-state index in [1.54, 1.807) is 19.9 Å². The summed E-state index contributed by atoms with van der Waals surface area (Å²) in [6.45, 7) is 13.2. The maximum atomic E-state index is 12.8. The van der Waals surface area contributed by atoms with Crippen LogP contribution in [0.25, 0.3) is 0 Å². The molecule has 0 bridgehead atoms. The van der Waals surface area contributed by atoms with Gasteiger partial charge in [0.1, 0.15) is 5.54 Å². The number of carbonyl (C=O) groups is 4. The van der Waals surface area contributed by atoms with Gasteiger partial charge in [-0.05, 0) is 36.0 Å². The molecule has 2 N–H and O–H groups in total. The van der Waals surface area contributed by atoms with E-state index in [0.29, 0.717) is 12.0 Å². The summed E-state index contributed by atoms with van der Waals surface area (Å²) in [5.74, 6) is -2.45. The first-order valence-electron chi connectivity index (χ1n) is 13.8. The van der Waals surface area contributed by atoms with Crippen LogP contribution in [0.15, 0.2) is 18.2 Å². The summed E-state index contributed by atoms with van der Waals surface area (Å²) in [7, 11) is 1.24. The van der Waals surface area contributed by atoms with Crippen LogP contribution in [0, 0.1) is 23.7 Å². The van der Waals surface area contributed by atoms with Gasteiger partial charge in [-0.3, -0.25) is 19.2 Å². The van der Waals surface area contributed by atoms with Crippen molar-refractivity contribution in [3.63, 3.8) is 0 Å². The van der Waals surface area contributed by atoms with Gasteiger partial charge >= 0.3 is 23.9 Å². The smallest absolute Gasteiger partial charge is 0.326 e. The monoisotopic (exact) mass is 549 g/mol. The van der Waals surface area contributed by atoms with Crippen LogP contribution in [-0.2, 0) is 35.1 Å². The van der Waals surface area contributed by atoms with E-state index in [-0.39, 0.29) is 54.7 Å². The summed E-state index contributed by atoms with van der Waals surface area (Å²) in [6, 6.07) is 4.70. The third-order valence-electron chi connectivity index (χ3n) is 7.08. The van der Waals surface area contributed by atoms with Crippen molar-refractivity contribution in [3.05, 3.63) is 23.8 Å².